The van der Waals surface area contributed by atoms with Crippen molar-refractivity contribution in [3.05, 3.63) is 35.4 Å². The van der Waals surface area contributed by atoms with Crippen LogP contribution in [0.4, 0.5) is 0 Å². The average molecular weight is 233 g/mol. The van der Waals surface area contributed by atoms with Crippen LogP contribution in [0.5, 0.6) is 0 Å². The first-order valence-corrected chi connectivity index (χ1v) is 6.07. The van der Waals surface area contributed by atoms with Crippen LogP contribution in [0.25, 0.3) is 0 Å². The number of nitrogens with zero attached hydrogens (tertiary/aromatic N) is 1. The van der Waals surface area contributed by atoms with E-state index >= 15 is 0 Å². The minimum atomic E-state index is 0.104. The highest BCUT2D eigenvalue weighted by atomic mass is 16.5. The molecule has 3 nitrogen and oxygen atoms in total. The smallest absolute Gasteiger partial charge is 0.254 e. The van der Waals surface area contributed by atoms with Gasteiger partial charge in [-0.15, -0.1) is 0 Å². The molecule has 3 heteroatoms. The third-order valence-electron chi connectivity index (χ3n) is 3.17. The van der Waals surface area contributed by atoms with Gasteiger partial charge in [-0.25, -0.2) is 0 Å². The molecule has 1 heterocycles. The minimum Gasteiger partial charge on any atom is -0.375 e. The molecule has 1 aromatic rings. The Hall–Kier alpha value is -1.35. The number of rotatable bonds is 1. The molecule has 0 aromatic heterocycles. The lowest BCUT2D eigenvalue weighted by molar-refractivity contribution is -0.0387. The Balaban J connectivity index is 2.15. The summed E-state index contributed by atoms with van der Waals surface area (Å²) in [7, 11) is 0. The molecule has 1 aliphatic heterocycles. The average Bonchev–Trinajstić information content (AvgIpc) is 2.32. The van der Waals surface area contributed by atoms with E-state index in [1.807, 2.05) is 49.9 Å². The summed E-state index contributed by atoms with van der Waals surface area (Å²) >= 11 is 0. The van der Waals surface area contributed by atoms with Crippen molar-refractivity contribution in [3.63, 3.8) is 0 Å². The van der Waals surface area contributed by atoms with Crippen LogP contribution >= 0.6 is 0 Å². The van der Waals surface area contributed by atoms with Gasteiger partial charge in [0.1, 0.15) is 0 Å². The fraction of sp³-hybridized carbons (Fsp3) is 0.500. The lowest BCUT2D eigenvalue weighted by Crippen LogP contribution is -2.50. The maximum absolute atomic E-state index is 12.3. The van der Waals surface area contributed by atoms with Gasteiger partial charge in [0.2, 0.25) is 0 Å². The highest BCUT2D eigenvalue weighted by Crippen LogP contribution is 2.15. The fourth-order valence-electron chi connectivity index (χ4n) is 2.05. The van der Waals surface area contributed by atoms with E-state index in [1.54, 1.807) is 0 Å². The molecule has 0 N–H and O–H groups in total. The Morgan fingerprint density at radius 3 is 2.59 bits per heavy atom. The predicted octanol–water partition coefficient (Wildman–Crippen LogP) is 2.24. The summed E-state index contributed by atoms with van der Waals surface area (Å²) in [4.78, 5) is 14.2. The van der Waals surface area contributed by atoms with Crippen molar-refractivity contribution in [1.82, 2.24) is 4.90 Å². The molecule has 1 fully saturated rings. The third kappa shape index (κ3) is 2.67. The number of amides is 1. The second-order valence-corrected chi connectivity index (χ2v) is 4.82. The van der Waals surface area contributed by atoms with E-state index in [0.29, 0.717) is 13.2 Å². The summed E-state index contributed by atoms with van der Waals surface area (Å²) < 4.78 is 5.53. The van der Waals surface area contributed by atoms with Crippen LogP contribution in [-0.2, 0) is 4.74 Å². The van der Waals surface area contributed by atoms with E-state index in [9.17, 15) is 4.79 Å². The van der Waals surface area contributed by atoms with Gasteiger partial charge in [0.05, 0.1) is 18.8 Å². The van der Waals surface area contributed by atoms with Crippen LogP contribution < -0.4 is 0 Å². The van der Waals surface area contributed by atoms with Crippen LogP contribution in [0, 0.1) is 6.92 Å². The Morgan fingerprint density at radius 1 is 1.29 bits per heavy atom. The number of ether oxygens (including phenoxy) is 1. The van der Waals surface area contributed by atoms with Crippen LogP contribution in [0.1, 0.15) is 29.8 Å². The number of benzene rings is 1. The summed E-state index contributed by atoms with van der Waals surface area (Å²) in [5, 5.41) is 0. The summed E-state index contributed by atoms with van der Waals surface area (Å²) in [5.74, 6) is 0.104. The molecule has 92 valence electrons. The van der Waals surface area contributed by atoms with Gasteiger partial charge in [0, 0.05) is 12.1 Å². The Kier molecular flexibility index (Phi) is 3.48. The third-order valence-corrected chi connectivity index (χ3v) is 3.17. The molecule has 1 aliphatic rings. The number of hydrogen-bond acceptors (Lipinski definition) is 2. The van der Waals surface area contributed by atoms with Gasteiger partial charge in [0.25, 0.3) is 5.91 Å². The van der Waals surface area contributed by atoms with Crippen molar-refractivity contribution < 1.29 is 9.53 Å². The predicted molar refractivity (Wildman–Crippen MR) is 67.1 cm³/mol. The van der Waals surface area contributed by atoms with Gasteiger partial charge in [-0.3, -0.25) is 4.79 Å². The van der Waals surface area contributed by atoms with Crippen LogP contribution in [0.2, 0.25) is 0 Å². The van der Waals surface area contributed by atoms with E-state index in [-0.39, 0.29) is 18.1 Å². The van der Waals surface area contributed by atoms with E-state index < -0.39 is 0 Å². The second kappa shape index (κ2) is 4.88. The molecule has 17 heavy (non-hydrogen) atoms. The summed E-state index contributed by atoms with van der Waals surface area (Å²) in [5.41, 5.74) is 1.93. The fourth-order valence-corrected chi connectivity index (χ4v) is 2.05. The first-order valence-electron chi connectivity index (χ1n) is 6.07. The van der Waals surface area contributed by atoms with E-state index in [1.165, 1.54) is 5.56 Å². The molecule has 2 atom stereocenters. The van der Waals surface area contributed by atoms with E-state index in [0.717, 1.165) is 5.56 Å². The molecular formula is C14H19NO2. The van der Waals surface area contributed by atoms with Gasteiger partial charge < -0.3 is 9.64 Å². The van der Waals surface area contributed by atoms with Gasteiger partial charge in [-0.2, -0.15) is 0 Å². The van der Waals surface area contributed by atoms with Crippen molar-refractivity contribution >= 4 is 5.91 Å². The van der Waals surface area contributed by atoms with Gasteiger partial charge >= 0.3 is 0 Å². The zero-order valence-electron chi connectivity index (χ0n) is 10.6. The van der Waals surface area contributed by atoms with E-state index in [2.05, 4.69) is 0 Å². The molecule has 0 bridgehead atoms. The van der Waals surface area contributed by atoms with Crippen molar-refractivity contribution in [1.29, 1.82) is 0 Å². The number of morpholine rings is 1. The highest BCUT2D eigenvalue weighted by Gasteiger charge is 2.27. The van der Waals surface area contributed by atoms with Gasteiger partial charge in [-0.05, 0) is 32.9 Å². The molecule has 0 spiro atoms. The molecule has 2 rings (SSSR count). The van der Waals surface area contributed by atoms with Crippen molar-refractivity contribution in [3.8, 4) is 0 Å². The Morgan fingerprint density at radius 2 is 1.94 bits per heavy atom. The number of aryl methyl sites for hydroxylation is 1. The first kappa shape index (κ1) is 12.1. The first-order chi connectivity index (χ1) is 8.08. The van der Waals surface area contributed by atoms with Crippen molar-refractivity contribution in [2.45, 2.75) is 32.9 Å². The van der Waals surface area contributed by atoms with Gasteiger partial charge in [-0.1, -0.05) is 17.7 Å². The SMILES string of the molecule is Cc1ccc(C(=O)N2CC(C)OCC2C)cc1. The van der Waals surface area contributed by atoms with Crippen LogP contribution in [0.3, 0.4) is 0 Å². The quantitative estimate of drug-likeness (QED) is 0.744. The summed E-state index contributed by atoms with van der Waals surface area (Å²) in [6, 6.07) is 7.89. The second-order valence-electron chi connectivity index (χ2n) is 4.82. The minimum absolute atomic E-state index is 0.104. The summed E-state index contributed by atoms with van der Waals surface area (Å²) in [6.07, 6.45) is 0.126. The zero-order valence-corrected chi connectivity index (χ0v) is 10.6. The molecule has 1 aromatic carbocycles. The summed E-state index contributed by atoms with van der Waals surface area (Å²) in [6.45, 7) is 7.35. The Bertz CT molecular complexity index is 399. The molecule has 0 saturated carbocycles. The molecule has 0 radical (unpaired) electrons. The molecular weight excluding hydrogens is 214 g/mol. The molecule has 1 amide bonds. The van der Waals surface area contributed by atoms with Crippen molar-refractivity contribution in [2.24, 2.45) is 0 Å². The lowest BCUT2D eigenvalue weighted by Gasteiger charge is -2.36. The normalized spacial score (nSPS) is 24.8. The zero-order chi connectivity index (χ0) is 12.4. The maximum Gasteiger partial charge on any atom is 0.254 e. The van der Waals surface area contributed by atoms with E-state index in [4.69, 9.17) is 4.74 Å². The lowest BCUT2D eigenvalue weighted by atomic mass is 10.1. The number of carbonyl (C=O) groups excluding carboxylic acids is 1. The highest BCUT2D eigenvalue weighted by molar-refractivity contribution is 5.94. The Labute approximate surface area is 102 Å². The monoisotopic (exact) mass is 233 g/mol. The standard InChI is InChI=1S/C14H19NO2/c1-10-4-6-13(7-5-10)14(16)15-8-12(3)17-9-11(15)2/h4-7,11-12H,8-9H2,1-3H3. The van der Waals surface area contributed by atoms with Crippen LogP contribution in [-0.4, -0.2) is 36.1 Å². The van der Waals surface area contributed by atoms with Crippen LogP contribution in [0.15, 0.2) is 24.3 Å². The largest absolute Gasteiger partial charge is 0.375 e. The number of hydrogen-bond donors (Lipinski definition) is 0. The molecule has 2 unspecified atom stereocenters. The van der Waals surface area contributed by atoms with Crippen molar-refractivity contribution in [2.75, 3.05) is 13.2 Å². The van der Waals surface area contributed by atoms with Gasteiger partial charge in [0.15, 0.2) is 0 Å². The molecule has 1 saturated heterocycles. The maximum atomic E-state index is 12.3. The number of carbonyl (C=O) groups is 1. The topological polar surface area (TPSA) is 29.5 Å². The molecule has 0 aliphatic carbocycles.